The van der Waals surface area contributed by atoms with Crippen LogP contribution in [0.15, 0.2) is 42.5 Å². The second kappa shape index (κ2) is 7.61. The van der Waals surface area contributed by atoms with E-state index in [9.17, 15) is 22.8 Å². The lowest BCUT2D eigenvalue weighted by atomic mass is 10.1. The lowest BCUT2D eigenvalue weighted by Gasteiger charge is -2.16. The van der Waals surface area contributed by atoms with Gasteiger partial charge in [-0.15, -0.1) is 0 Å². The number of hydrogen-bond donors (Lipinski definition) is 1. The standard InChI is InChI=1S/C18H15ClN2O6S/c1-27-18(24)11-2-4-12(5-3-11)20-17(23)14-10-13(6-7-15(14)19)21-16(22)8-9-28(21,25)26/h2-7,10H,8-9H2,1H3,(H,20,23). The van der Waals surface area contributed by atoms with Crippen LogP contribution in [-0.4, -0.2) is 39.1 Å². The number of rotatable bonds is 4. The van der Waals surface area contributed by atoms with Gasteiger partial charge in [-0.25, -0.2) is 17.5 Å². The summed E-state index contributed by atoms with van der Waals surface area (Å²) in [5, 5.41) is 2.70. The van der Waals surface area contributed by atoms with Crippen LogP contribution in [0.5, 0.6) is 0 Å². The van der Waals surface area contributed by atoms with Crippen molar-refractivity contribution in [1.29, 1.82) is 0 Å². The molecule has 2 aromatic rings. The summed E-state index contributed by atoms with van der Waals surface area (Å²) in [7, 11) is -2.49. The van der Waals surface area contributed by atoms with E-state index in [2.05, 4.69) is 10.1 Å². The van der Waals surface area contributed by atoms with Crippen LogP contribution in [0.4, 0.5) is 11.4 Å². The SMILES string of the molecule is COC(=O)c1ccc(NC(=O)c2cc(N3C(=O)CCS3(=O)=O)ccc2Cl)cc1. The number of halogens is 1. The molecule has 2 amide bonds. The fourth-order valence-electron chi connectivity index (χ4n) is 2.69. The van der Waals surface area contributed by atoms with E-state index < -0.39 is 27.8 Å². The van der Waals surface area contributed by atoms with Crippen LogP contribution >= 0.6 is 11.6 Å². The maximum absolute atomic E-state index is 12.6. The Morgan fingerprint density at radius 3 is 2.39 bits per heavy atom. The normalized spacial score (nSPS) is 15.4. The fraction of sp³-hybridized carbons (Fsp3) is 0.167. The summed E-state index contributed by atoms with van der Waals surface area (Å²) in [5.41, 5.74) is 0.770. The number of esters is 1. The third-order valence-corrected chi connectivity index (χ3v) is 6.09. The predicted molar refractivity (Wildman–Crippen MR) is 103 cm³/mol. The maximum atomic E-state index is 12.6. The molecule has 0 saturated carbocycles. The highest BCUT2D eigenvalue weighted by molar-refractivity contribution is 7.94. The van der Waals surface area contributed by atoms with Crippen LogP contribution in [0.1, 0.15) is 27.1 Å². The quantitative estimate of drug-likeness (QED) is 0.758. The first-order valence-electron chi connectivity index (χ1n) is 8.08. The van der Waals surface area contributed by atoms with Gasteiger partial charge in [-0.2, -0.15) is 0 Å². The zero-order valence-corrected chi connectivity index (χ0v) is 16.2. The summed E-state index contributed by atoms with van der Waals surface area (Å²) in [6.45, 7) is 0. The van der Waals surface area contributed by atoms with E-state index in [0.717, 1.165) is 0 Å². The summed E-state index contributed by atoms with van der Waals surface area (Å²) >= 11 is 6.08. The van der Waals surface area contributed by atoms with E-state index in [1.54, 1.807) is 0 Å². The summed E-state index contributed by atoms with van der Waals surface area (Å²) in [5.74, 6) is -1.94. The van der Waals surface area contributed by atoms with Crippen LogP contribution in [0, 0.1) is 0 Å². The Balaban J connectivity index is 1.86. The number of carbonyl (C=O) groups excluding carboxylic acids is 3. The minimum atomic E-state index is -3.75. The molecule has 1 N–H and O–H groups in total. The number of methoxy groups -OCH3 is 1. The summed E-state index contributed by atoms with van der Waals surface area (Å²) in [6.07, 6.45) is -0.112. The summed E-state index contributed by atoms with van der Waals surface area (Å²) in [6, 6.07) is 9.95. The zero-order chi connectivity index (χ0) is 20.5. The molecule has 2 aromatic carbocycles. The smallest absolute Gasteiger partial charge is 0.337 e. The van der Waals surface area contributed by atoms with Crippen LogP contribution < -0.4 is 9.62 Å². The largest absolute Gasteiger partial charge is 0.465 e. The molecule has 0 unspecified atom stereocenters. The Kier molecular flexibility index (Phi) is 5.39. The minimum Gasteiger partial charge on any atom is -0.465 e. The van der Waals surface area contributed by atoms with E-state index >= 15 is 0 Å². The van der Waals surface area contributed by atoms with Crippen molar-refractivity contribution in [1.82, 2.24) is 0 Å². The van der Waals surface area contributed by atoms with Gasteiger partial charge in [0.2, 0.25) is 15.9 Å². The zero-order valence-electron chi connectivity index (χ0n) is 14.6. The number of benzene rings is 2. The van der Waals surface area contributed by atoms with Gasteiger partial charge >= 0.3 is 5.97 Å². The molecule has 146 valence electrons. The predicted octanol–water partition coefficient (Wildman–Crippen LogP) is 2.45. The van der Waals surface area contributed by atoms with Crippen molar-refractivity contribution in [2.75, 3.05) is 22.5 Å². The third kappa shape index (κ3) is 3.85. The third-order valence-electron chi connectivity index (χ3n) is 4.07. The average molecular weight is 423 g/mol. The maximum Gasteiger partial charge on any atom is 0.337 e. The molecule has 1 heterocycles. The number of sulfonamides is 1. The highest BCUT2D eigenvalue weighted by Crippen LogP contribution is 2.29. The Bertz CT molecular complexity index is 1070. The Labute approximate surface area is 166 Å². The molecule has 28 heavy (non-hydrogen) atoms. The molecule has 1 aliphatic heterocycles. The van der Waals surface area contributed by atoms with E-state index in [1.165, 1.54) is 49.6 Å². The lowest BCUT2D eigenvalue weighted by molar-refractivity contribution is -0.116. The molecule has 0 bridgehead atoms. The van der Waals surface area contributed by atoms with Crippen molar-refractivity contribution in [3.05, 3.63) is 58.6 Å². The Morgan fingerprint density at radius 2 is 1.82 bits per heavy atom. The number of carbonyl (C=O) groups is 3. The highest BCUT2D eigenvalue weighted by atomic mass is 35.5. The van der Waals surface area contributed by atoms with Gasteiger partial charge in [0.1, 0.15) is 0 Å². The molecule has 1 saturated heterocycles. The molecule has 0 radical (unpaired) electrons. The molecule has 0 atom stereocenters. The van der Waals surface area contributed by atoms with Gasteiger partial charge in [-0.1, -0.05) is 11.6 Å². The fourth-order valence-corrected chi connectivity index (χ4v) is 4.34. The van der Waals surface area contributed by atoms with Gasteiger partial charge in [0, 0.05) is 12.1 Å². The van der Waals surface area contributed by atoms with Gasteiger partial charge in [0.25, 0.3) is 5.91 Å². The number of nitrogens with one attached hydrogen (secondary N) is 1. The molecule has 0 aromatic heterocycles. The topological polar surface area (TPSA) is 110 Å². The monoisotopic (exact) mass is 422 g/mol. The number of hydrogen-bond acceptors (Lipinski definition) is 6. The number of ether oxygens (including phenoxy) is 1. The van der Waals surface area contributed by atoms with Crippen LogP contribution in [-0.2, 0) is 19.6 Å². The van der Waals surface area contributed by atoms with Crippen LogP contribution in [0.25, 0.3) is 0 Å². The molecule has 10 heteroatoms. The Morgan fingerprint density at radius 1 is 1.14 bits per heavy atom. The summed E-state index contributed by atoms with van der Waals surface area (Å²) < 4.78 is 29.4. The molecule has 8 nitrogen and oxygen atoms in total. The van der Waals surface area contributed by atoms with Crippen molar-refractivity contribution in [2.24, 2.45) is 0 Å². The second-order valence-electron chi connectivity index (χ2n) is 5.91. The number of amides is 2. The molecule has 3 rings (SSSR count). The van der Waals surface area contributed by atoms with E-state index in [-0.39, 0.29) is 28.4 Å². The van der Waals surface area contributed by atoms with Crippen LogP contribution in [0.3, 0.4) is 0 Å². The lowest BCUT2D eigenvalue weighted by Crippen LogP contribution is -2.29. The van der Waals surface area contributed by atoms with Gasteiger partial charge in [-0.3, -0.25) is 9.59 Å². The Hall–Kier alpha value is -2.91. The van der Waals surface area contributed by atoms with Crippen molar-refractivity contribution < 1.29 is 27.5 Å². The van der Waals surface area contributed by atoms with Gasteiger partial charge in [-0.05, 0) is 42.5 Å². The van der Waals surface area contributed by atoms with Crippen molar-refractivity contribution in [3.63, 3.8) is 0 Å². The highest BCUT2D eigenvalue weighted by Gasteiger charge is 2.36. The molecular formula is C18H15ClN2O6S. The van der Waals surface area contributed by atoms with Crippen molar-refractivity contribution in [2.45, 2.75) is 6.42 Å². The average Bonchev–Trinajstić information content (AvgIpc) is 2.95. The van der Waals surface area contributed by atoms with E-state index in [0.29, 0.717) is 15.6 Å². The van der Waals surface area contributed by atoms with Crippen molar-refractivity contribution >= 4 is 50.8 Å². The van der Waals surface area contributed by atoms with E-state index in [1.807, 2.05) is 0 Å². The molecule has 0 spiro atoms. The molecular weight excluding hydrogens is 408 g/mol. The molecule has 1 fully saturated rings. The first-order valence-corrected chi connectivity index (χ1v) is 10.1. The van der Waals surface area contributed by atoms with Crippen molar-refractivity contribution in [3.8, 4) is 0 Å². The first kappa shape index (κ1) is 19.8. The minimum absolute atomic E-state index is 0.00566. The second-order valence-corrected chi connectivity index (χ2v) is 8.26. The molecule has 1 aliphatic rings. The number of nitrogens with zero attached hydrogens (tertiary/aromatic N) is 1. The number of anilines is 2. The van der Waals surface area contributed by atoms with Gasteiger partial charge in [0.15, 0.2) is 0 Å². The summed E-state index contributed by atoms with van der Waals surface area (Å²) in [4.78, 5) is 36.0. The first-order chi connectivity index (χ1) is 13.2. The van der Waals surface area contributed by atoms with Gasteiger partial charge < -0.3 is 10.1 Å². The van der Waals surface area contributed by atoms with Gasteiger partial charge in [0.05, 0.1) is 34.7 Å². The van der Waals surface area contributed by atoms with E-state index in [4.69, 9.17) is 11.6 Å². The van der Waals surface area contributed by atoms with Crippen LogP contribution in [0.2, 0.25) is 5.02 Å². The molecule has 0 aliphatic carbocycles.